The van der Waals surface area contributed by atoms with Gasteiger partial charge in [-0.25, -0.2) is 39.3 Å². The number of anilines is 4. The fourth-order valence-electron chi connectivity index (χ4n) is 4.49. The van der Waals surface area contributed by atoms with Crippen LogP contribution >= 0.6 is 22.9 Å². The topological polar surface area (TPSA) is 168 Å². The van der Waals surface area contributed by atoms with E-state index in [4.69, 9.17) is 45.4 Å². The number of ether oxygens (including phenoxy) is 3. The first-order chi connectivity index (χ1) is 23.8. The number of piperazine rings is 1. The predicted octanol–water partition coefficient (Wildman–Crippen LogP) is 3.42. The summed E-state index contributed by atoms with van der Waals surface area (Å²) in [7, 11) is 1.57. The van der Waals surface area contributed by atoms with Gasteiger partial charge in [0.1, 0.15) is 62.0 Å². The molecule has 2 aromatic heterocycles. The monoisotopic (exact) mass is 723 g/mol. The third-order valence-corrected chi connectivity index (χ3v) is 8.16. The van der Waals surface area contributed by atoms with E-state index in [-0.39, 0.29) is 45.5 Å². The average molecular weight is 724 g/mol. The molecular formula is C31H42ClN7O9S. The van der Waals surface area contributed by atoms with Crippen molar-refractivity contribution < 1.29 is 43.3 Å². The molecule has 4 rings (SSSR count). The Morgan fingerprint density at radius 3 is 2.37 bits per heavy atom. The molecule has 2 N–H and O–H groups in total. The molecule has 3 aromatic rings. The average Bonchev–Trinajstić information content (AvgIpc) is 3.55. The number of nitrogens with one attached hydrogen (secondary N) is 2. The number of halogens is 1. The van der Waals surface area contributed by atoms with Crippen molar-refractivity contribution in [3.05, 3.63) is 51.7 Å². The first-order valence-corrected chi connectivity index (χ1v) is 16.8. The number of para-hydroxylation sites is 1. The van der Waals surface area contributed by atoms with E-state index in [2.05, 4.69) is 35.4 Å². The van der Waals surface area contributed by atoms with Crippen molar-refractivity contribution in [1.82, 2.24) is 19.9 Å². The second-order valence-electron chi connectivity index (χ2n) is 10.6. The van der Waals surface area contributed by atoms with Gasteiger partial charge in [-0.1, -0.05) is 35.1 Å². The number of methoxy groups -OCH3 is 1. The molecule has 1 aliphatic heterocycles. The van der Waals surface area contributed by atoms with E-state index in [0.717, 1.165) is 37.6 Å². The molecule has 1 saturated heterocycles. The lowest BCUT2D eigenvalue weighted by molar-refractivity contribution is -0.343. The molecule has 0 saturated carbocycles. The van der Waals surface area contributed by atoms with Crippen LogP contribution in [0.25, 0.3) is 0 Å². The quantitative estimate of drug-likeness (QED) is 0.0709. The molecule has 16 nitrogen and oxygen atoms in total. The van der Waals surface area contributed by atoms with Crippen molar-refractivity contribution in [2.24, 2.45) is 0 Å². The zero-order valence-corrected chi connectivity index (χ0v) is 29.3. The fourth-order valence-corrected chi connectivity index (χ4v) is 5.48. The van der Waals surface area contributed by atoms with E-state index in [1.807, 2.05) is 32.0 Å². The summed E-state index contributed by atoms with van der Waals surface area (Å²) in [5, 5.41) is 7.07. The smallest absolute Gasteiger partial charge is 0.332 e. The number of carbonyl (C=O) groups excluding carboxylic acids is 2. The molecule has 0 aliphatic carbocycles. The Balaban J connectivity index is 1.10. The van der Waals surface area contributed by atoms with Gasteiger partial charge in [0.25, 0.3) is 5.91 Å². The van der Waals surface area contributed by atoms with Crippen LogP contribution in [0.1, 0.15) is 21.1 Å². The van der Waals surface area contributed by atoms with E-state index < -0.39 is 5.97 Å². The highest BCUT2D eigenvalue weighted by molar-refractivity contribution is 7.17. The minimum Gasteiger partial charge on any atom is -0.463 e. The Hall–Kier alpha value is -3.52. The molecular weight excluding hydrogens is 682 g/mol. The molecule has 1 fully saturated rings. The van der Waals surface area contributed by atoms with E-state index in [1.165, 1.54) is 17.5 Å². The molecule has 49 heavy (non-hydrogen) atoms. The number of nitrogens with zero attached hydrogens (tertiary/aromatic N) is 5. The number of aromatic nitrogens is 3. The van der Waals surface area contributed by atoms with Gasteiger partial charge in [0.15, 0.2) is 5.13 Å². The van der Waals surface area contributed by atoms with Gasteiger partial charge in [-0.05, 0) is 25.5 Å². The van der Waals surface area contributed by atoms with E-state index >= 15 is 0 Å². The summed E-state index contributed by atoms with van der Waals surface area (Å²) < 4.78 is 15.4. The SMILES string of the molecule is COCCOOCCOOCCOCC(=O)OCCN1CCN(c2cc(Nc3ncc(C(=O)Nc4c(C)cccc4Cl)s3)nc(C)n2)CC1. The Labute approximate surface area is 293 Å². The van der Waals surface area contributed by atoms with Crippen molar-refractivity contribution in [2.75, 3.05) is 108 Å². The zero-order valence-electron chi connectivity index (χ0n) is 27.8. The third kappa shape index (κ3) is 13.4. The Bertz CT molecular complexity index is 1460. The number of esters is 1. The van der Waals surface area contributed by atoms with Crippen molar-refractivity contribution >= 4 is 57.3 Å². The number of benzene rings is 1. The molecule has 1 aliphatic rings. The van der Waals surface area contributed by atoms with Gasteiger partial charge in [-0.15, -0.1) is 0 Å². The highest BCUT2D eigenvalue weighted by Crippen LogP contribution is 2.28. The second-order valence-corrected chi connectivity index (χ2v) is 12.0. The van der Waals surface area contributed by atoms with Crippen LogP contribution in [0.4, 0.5) is 22.5 Å². The summed E-state index contributed by atoms with van der Waals surface area (Å²) >= 11 is 7.47. The number of hydrogen-bond donors (Lipinski definition) is 2. The number of thiazole rings is 1. The van der Waals surface area contributed by atoms with Gasteiger partial charge in [0.2, 0.25) is 0 Å². The molecule has 0 unspecified atom stereocenters. The Kier molecular flexibility index (Phi) is 16.3. The van der Waals surface area contributed by atoms with Crippen molar-refractivity contribution in [2.45, 2.75) is 13.8 Å². The first-order valence-electron chi connectivity index (χ1n) is 15.7. The van der Waals surface area contributed by atoms with Gasteiger partial charge in [0.05, 0.1) is 30.1 Å². The molecule has 1 aromatic carbocycles. The van der Waals surface area contributed by atoms with Gasteiger partial charge < -0.3 is 29.7 Å². The number of carbonyl (C=O) groups is 2. The standard InChI is InChI=1S/C31H42ClN7O9S/c1-22-5-4-6-24(32)29(22)37-30(41)25-20-33-31(49-25)36-26-19-27(35-23(2)34-26)39-9-7-38(8-10-39)11-12-44-28(40)21-43-14-16-46-48-18-17-47-45-15-13-42-3/h4-6,19-20H,7-18,21H2,1-3H3,(H,37,41)(H,33,34,35,36). The zero-order chi connectivity index (χ0) is 34.8. The summed E-state index contributed by atoms with van der Waals surface area (Å²) in [5.74, 6) is 1.24. The highest BCUT2D eigenvalue weighted by atomic mass is 35.5. The normalized spacial score (nSPS) is 13.4. The Morgan fingerprint density at radius 2 is 1.65 bits per heavy atom. The van der Waals surface area contributed by atoms with Crippen molar-refractivity contribution in [3.8, 4) is 0 Å². The second kappa shape index (κ2) is 20.9. The van der Waals surface area contributed by atoms with Gasteiger partial charge in [-0.3, -0.25) is 9.69 Å². The first kappa shape index (κ1) is 38.3. The molecule has 0 atom stereocenters. The van der Waals surface area contributed by atoms with Crippen LogP contribution in [0.5, 0.6) is 0 Å². The van der Waals surface area contributed by atoms with Crippen LogP contribution < -0.4 is 15.5 Å². The summed E-state index contributed by atoms with van der Waals surface area (Å²) in [6, 6.07) is 7.31. The molecule has 0 spiro atoms. The predicted molar refractivity (Wildman–Crippen MR) is 182 cm³/mol. The lowest BCUT2D eigenvalue weighted by Crippen LogP contribution is -2.47. The summed E-state index contributed by atoms with van der Waals surface area (Å²) in [5.41, 5.74) is 1.45. The van der Waals surface area contributed by atoms with Crippen LogP contribution in [0.15, 0.2) is 30.5 Å². The van der Waals surface area contributed by atoms with Gasteiger partial charge in [-0.2, -0.15) is 0 Å². The molecule has 18 heteroatoms. The lowest BCUT2D eigenvalue weighted by Gasteiger charge is -2.35. The lowest BCUT2D eigenvalue weighted by atomic mass is 10.2. The van der Waals surface area contributed by atoms with Gasteiger partial charge >= 0.3 is 5.97 Å². The maximum Gasteiger partial charge on any atom is 0.332 e. The van der Waals surface area contributed by atoms with Crippen LogP contribution in [-0.4, -0.2) is 124 Å². The fraction of sp³-hybridized carbons (Fsp3) is 0.516. The van der Waals surface area contributed by atoms with Crippen molar-refractivity contribution in [3.63, 3.8) is 0 Å². The highest BCUT2D eigenvalue weighted by Gasteiger charge is 2.20. The largest absolute Gasteiger partial charge is 0.463 e. The van der Waals surface area contributed by atoms with Crippen LogP contribution in [0.3, 0.4) is 0 Å². The third-order valence-electron chi connectivity index (χ3n) is 6.93. The van der Waals surface area contributed by atoms with Crippen molar-refractivity contribution in [1.29, 1.82) is 0 Å². The number of rotatable bonds is 21. The maximum absolute atomic E-state index is 12.8. The molecule has 3 heterocycles. The van der Waals surface area contributed by atoms with Crippen LogP contribution in [0, 0.1) is 13.8 Å². The summed E-state index contributed by atoms with van der Waals surface area (Å²) in [6.45, 7) is 8.93. The summed E-state index contributed by atoms with van der Waals surface area (Å²) in [6.07, 6.45) is 1.52. The summed E-state index contributed by atoms with van der Waals surface area (Å²) in [4.78, 5) is 62.7. The van der Waals surface area contributed by atoms with E-state index in [0.29, 0.717) is 52.1 Å². The number of hydrogen-bond acceptors (Lipinski definition) is 16. The van der Waals surface area contributed by atoms with Gasteiger partial charge in [0, 0.05) is 45.9 Å². The molecule has 268 valence electrons. The molecule has 0 bridgehead atoms. The maximum atomic E-state index is 12.8. The minimum atomic E-state index is -0.443. The van der Waals surface area contributed by atoms with E-state index in [9.17, 15) is 9.59 Å². The Morgan fingerprint density at radius 1 is 0.939 bits per heavy atom. The minimum absolute atomic E-state index is 0.154. The molecule has 0 radical (unpaired) electrons. The van der Waals surface area contributed by atoms with E-state index in [1.54, 1.807) is 13.2 Å². The number of aryl methyl sites for hydroxylation is 2. The van der Waals surface area contributed by atoms with Crippen LogP contribution in [-0.2, 0) is 38.6 Å². The number of amides is 1. The molecule has 1 amide bonds. The van der Waals surface area contributed by atoms with Crippen LogP contribution in [0.2, 0.25) is 5.02 Å².